The van der Waals surface area contributed by atoms with Crippen molar-refractivity contribution in [2.75, 3.05) is 0 Å². The third-order valence-electron chi connectivity index (χ3n) is 3.44. The Kier molecular flexibility index (Phi) is 1.97. The van der Waals surface area contributed by atoms with Crippen LogP contribution in [0.1, 0.15) is 17.7 Å². The standard InChI is InChI=1S/C16H12O2/c1-2-6-14-11(4-1)10-16(18-14)12-5-3-7-15-13(12)8-9-17-15/h1,3-5,7-10H,2,6H2. The van der Waals surface area contributed by atoms with Crippen LogP contribution in [0.4, 0.5) is 0 Å². The lowest BCUT2D eigenvalue weighted by Crippen LogP contribution is -1.87. The summed E-state index contributed by atoms with van der Waals surface area (Å²) in [6, 6.07) is 10.2. The highest BCUT2D eigenvalue weighted by Gasteiger charge is 2.15. The average Bonchev–Trinajstić information content (AvgIpc) is 3.04. The summed E-state index contributed by atoms with van der Waals surface area (Å²) in [5.41, 5.74) is 3.21. The van der Waals surface area contributed by atoms with Gasteiger partial charge in [0, 0.05) is 22.9 Å². The highest BCUT2D eigenvalue weighted by atomic mass is 16.3. The van der Waals surface area contributed by atoms with E-state index in [-0.39, 0.29) is 0 Å². The smallest absolute Gasteiger partial charge is 0.135 e. The summed E-state index contributed by atoms with van der Waals surface area (Å²) in [4.78, 5) is 0. The first-order chi connectivity index (χ1) is 8.92. The number of benzene rings is 1. The molecule has 0 saturated heterocycles. The van der Waals surface area contributed by atoms with Crippen molar-refractivity contribution in [1.29, 1.82) is 0 Å². The van der Waals surface area contributed by atoms with Crippen LogP contribution in [0.5, 0.6) is 0 Å². The second-order valence-corrected chi connectivity index (χ2v) is 4.57. The third-order valence-corrected chi connectivity index (χ3v) is 3.44. The van der Waals surface area contributed by atoms with Gasteiger partial charge in [0.15, 0.2) is 0 Å². The fraction of sp³-hybridized carbons (Fsp3) is 0.125. The van der Waals surface area contributed by atoms with Crippen molar-refractivity contribution in [3.63, 3.8) is 0 Å². The molecule has 0 fully saturated rings. The fourth-order valence-corrected chi connectivity index (χ4v) is 2.55. The van der Waals surface area contributed by atoms with E-state index in [1.165, 1.54) is 5.56 Å². The van der Waals surface area contributed by atoms with Gasteiger partial charge >= 0.3 is 0 Å². The van der Waals surface area contributed by atoms with Crippen molar-refractivity contribution in [1.82, 2.24) is 0 Å². The Hall–Kier alpha value is -2.22. The number of rotatable bonds is 1. The first-order valence-electron chi connectivity index (χ1n) is 6.18. The molecular formula is C16H12O2. The maximum Gasteiger partial charge on any atom is 0.135 e. The van der Waals surface area contributed by atoms with Crippen molar-refractivity contribution >= 4 is 17.0 Å². The lowest BCUT2D eigenvalue weighted by Gasteiger charge is -2.01. The van der Waals surface area contributed by atoms with E-state index in [0.717, 1.165) is 40.9 Å². The highest BCUT2D eigenvalue weighted by molar-refractivity contribution is 5.92. The van der Waals surface area contributed by atoms with Gasteiger partial charge in [0.2, 0.25) is 0 Å². The van der Waals surface area contributed by atoms with E-state index in [1.807, 2.05) is 18.2 Å². The zero-order chi connectivity index (χ0) is 11.9. The van der Waals surface area contributed by atoms with E-state index in [0.29, 0.717) is 0 Å². The summed E-state index contributed by atoms with van der Waals surface area (Å²) >= 11 is 0. The Morgan fingerprint density at radius 1 is 1.11 bits per heavy atom. The molecule has 2 heteroatoms. The summed E-state index contributed by atoms with van der Waals surface area (Å²) in [7, 11) is 0. The lowest BCUT2D eigenvalue weighted by atomic mass is 10.0. The second kappa shape index (κ2) is 3.64. The number of furan rings is 2. The molecule has 0 aliphatic heterocycles. The van der Waals surface area contributed by atoms with E-state index in [9.17, 15) is 0 Å². The first kappa shape index (κ1) is 9.77. The van der Waals surface area contributed by atoms with E-state index in [4.69, 9.17) is 8.83 Å². The summed E-state index contributed by atoms with van der Waals surface area (Å²) in [6.45, 7) is 0. The molecule has 0 bridgehead atoms. The number of aryl methyl sites for hydroxylation is 1. The Morgan fingerprint density at radius 3 is 3.06 bits per heavy atom. The minimum absolute atomic E-state index is 0.900. The number of allylic oxidation sites excluding steroid dienone is 1. The van der Waals surface area contributed by atoms with Crippen LogP contribution in [-0.2, 0) is 6.42 Å². The van der Waals surface area contributed by atoms with Gasteiger partial charge in [-0.2, -0.15) is 0 Å². The molecule has 4 rings (SSSR count). The molecule has 0 amide bonds. The summed E-state index contributed by atoms with van der Waals surface area (Å²) < 4.78 is 11.4. The van der Waals surface area contributed by atoms with Gasteiger partial charge in [0.25, 0.3) is 0 Å². The van der Waals surface area contributed by atoms with Crippen molar-refractivity contribution in [2.45, 2.75) is 12.8 Å². The Labute approximate surface area is 105 Å². The lowest BCUT2D eigenvalue weighted by molar-refractivity contribution is 0.520. The average molecular weight is 236 g/mol. The topological polar surface area (TPSA) is 26.3 Å². The van der Waals surface area contributed by atoms with Gasteiger partial charge in [-0.25, -0.2) is 0 Å². The van der Waals surface area contributed by atoms with Gasteiger partial charge in [-0.1, -0.05) is 24.3 Å². The molecule has 0 unspecified atom stereocenters. The molecule has 1 aliphatic rings. The van der Waals surface area contributed by atoms with Gasteiger partial charge in [-0.15, -0.1) is 0 Å². The van der Waals surface area contributed by atoms with Crippen LogP contribution in [0.15, 0.2) is 51.5 Å². The van der Waals surface area contributed by atoms with E-state index >= 15 is 0 Å². The van der Waals surface area contributed by atoms with Crippen LogP contribution in [-0.4, -0.2) is 0 Å². The molecule has 1 aliphatic carbocycles. The first-order valence-corrected chi connectivity index (χ1v) is 6.18. The molecule has 2 aromatic heterocycles. The molecule has 1 aromatic carbocycles. The Morgan fingerprint density at radius 2 is 2.11 bits per heavy atom. The number of hydrogen-bond donors (Lipinski definition) is 0. The highest BCUT2D eigenvalue weighted by Crippen LogP contribution is 2.34. The van der Waals surface area contributed by atoms with Gasteiger partial charge < -0.3 is 8.83 Å². The Balaban J connectivity index is 1.94. The molecule has 0 spiro atoms. The van der Waals surface area contributed by atoms with Crippen LogP contribution in [0.2, 0.25) is 0 Å². The van der Waals surface area contributed by atoms with Crippen LogP contribution in [0, 0.1) is 0 Å². The van der Waals surface area contributed by atoms with Crippen LogP contribution >= 0.6 is 0 Å². The maximum atomic E-state index is 5.98. The van der Waals surface area contributed by atoms with Gasteiger partial charge in [0.1, 0.15) is 17.1 Å². The van der Waals surface area contributed by atoms with Crippen molar-refractivity contribution in [2.24, 2.45) is 0 Å². The van der Waals surface area contributed by atoms with E-state index < -0.39 is 0 Å². The number of fused-ring (bicyclic) bond motifs is 2. The second-order valence-electron chi connectivity index (χ2n) is 4.57. The molecular weight excluding hydrogens is 224 g/mol. The van der Waals surface area contributed by atoms with Crippen LogP contribution in [0.25, 0.3) is 28.4 Å². The summed E-state index contributed by atoms with van der Waals surface area (Å²) in [5, 5.41) is 1.10. The molecule has 2 nitrogen and oxygen atoms in total. The zero-order valence-corrected chi connectivity index (χ0v) is 9.85. The zero-order valence-electron chi connectivity index (χ0n) is 9.85. The van der Waals surface area contributed by atoms with Crippen LogP contribution in [0.3, 0.4) is 0 Å². The Bertz CT molecular complexity index is 743. The monoisotopic (exact) mass is 236 g/mol. The normalized spacial score (nSPS) is 14.0. The van der Waals surface area contributed by atoms with Crippen LogP contribution < -0.4 is 0 Å². The van der Waals surface area contributed by atoms with Gasteiger partial charge in [-0.05, 0) is 24.6 Å². The summed E-state index contributed by atoms with van der Waals surface area (Å²) in [5.74, 6) is 2.02. The molecule has 88 valence electrons. The molecule has 18 heavy (non-hydrogen) atoms. The molecule has 3 aromatic rings. The van der Waals surface area contributed by atoms with Gasteiger partial charge in [0.05, 0.1) is 6.26 Å². The largest absolute Gasteiger partial charge is 0.464 e. The molecule has 2 heterocycles. The molecule has 0 atom stereocenters. The minimum atomic E-state index is 0.900. The van der Waals surface area contributed by atoms with Crippen molar-refractivity contribution in [3.8, 4) is 11.3 Å². The predicted molar refractivity (Wildman–Crippen MR) is 71.3 cm³/mol. The van der Waals surface area contributed by atoms with Crippen molar-refractivity contribution in [3.05, 3.63) is 54.0 Å². The predicted octanol–water partition coefficient (Wildman–Crippen LogP) is 4.65. The minimum Gasteiger partial charge on any atom is -0.464 e. The third kappa shape index (κ3) is 1.35. The summed E-state index contributed by atoms with van der Waals surface area (Å²) in [6.07, 6.45) is 8.11. The number of hydrogen-bond acceptors (Lipinski definition) is 2. The molecule has 0 saturated carbocycles. The van der Waals surface area contributed by atoms with E-state index in [2.05, 4.69) is 24.3 Å². The molecule has 0 radical (unpaired) electrons. The van der Waals surface area contributed by atoms with Gasteiger partial charge in [-0.3, -0.25) is 0 Å². The molecule has 0 N–H and O–H groups in total. The fourth-order valence-electron chi connectivity index (χ4n) is 2.55. The van der Waals surface area contributed by atoms with Crippen molar-refractivity contribution < 1.29 is 8.83 Å². The quantitative estimate of drug-likeness (QED) is 0.614. The van der Waals surface area contributed by atoms with E-state index in [1.54, 1.807) is 6.26 Å². The maximum absolute atomic E-state index is 5.98. The SMILES string of the molecule is C1=Cc2cc(-c3cccc4occc34)oc2CC1.